The fourth-order valence-electron chi connectivity index (χ4n) is 5.95. The molecule has 3 heterocycles. The van der Waals surface area contributed by atoms with Crippen molar-refractivity contribution in [1.82, 2.24) is 9.80 Å². The number of carbonyl (C=O) groups excluding carboxylic acids is 3. The molecule has 7 nitrogen and oxygen atoms in total. The second-order valence-corrected chi connectivity index (χ2v) is 8.84. The summed E-state index contributed by atoms with van der Waals surface area (Å²) in [5.74, 6) is -1.13. The van der Waals surface area contributed by atoms with E-state index in [1.54, 1.807) is 35.0 Å². The lowest BCUT2D eigenvalue weighted by molar-refractivity contribution is -0.147. The number of halogens is 1. The summed E-state index contributed by atoms with van der Waals surface area (Å²) < 4.78 is 0. The van der Waals surface area contributed by atoms with Crippen LogP contribution in [0.4, 0.5) is 5.69 Å². The van der Waals surface area contributed by atoms with Crippen LogP contribution in [0.3, 0.4) is 0 Å². The Kier molecular flexibility index (Phi) is 3.51. The van der Waals surface area contributed by atoms with Gasteiger partial charge in [0.15, 0.2) is 11.1 Å². The number of nitrogens with zero attached hydrogens (tertiary/aromatic N) is 3. The van der Waals surface area contributed by atoms with E-state index in [0.29, 0.717) is 16.3 Å². The molecule has 0 radical (unpaired) electrons. The molecular formula is C20H23ClN4O3. The molecule has 5 rings (SSSR count). The van der Waals surface area contributed by atoms with E-state index >= 15 is 0 Å². The Morgan fingerprint density at radius 1 is 1.07 bits per heavy atom. The number of likely N-dealkylation sites (N-methyl/N-ethyl adjacent to an activating group) is 2. The number of hydrogen-bond acceptors (Lipinski definition) is 5. The van der Waals surface area contributed by atoms with E-state index in [4.69, 9.17) is 17.3 Å². The lowest BCUT2D eigenvalue weighted by atomic mass is 9.71. The molecule has 2 saturated heterocycles. The maximum absolute atomic E-state index is 13.8. The number of imide groups is 1. The number of anilines is 1. The molecule has 1 aromatic carbocycles. The second-order valence-electron chi connectivity index (χ2n) is 8.40. The molecule has 2 N–H and O–H groups in total. The number of amides is 3. The van der Waals surface area contributed by atoms with E-state index in [1.165, 1.54) is 7.05 Å². The number of nitrogens with two attached hydrogens (primary N) is 1. The van der Waals surface area contributed by atoms with Crippen LogP contribution in [0.25, 0.3) is 0 Å². The number of fused-ring (bicyclic) bond motifs is 1. The molecule has 1 aromatic rings. The molecule has 1 spiro atoms. The highest BCUT2D eigenvalue weighted by molar-refractivity contribution is 6.31. The van der Waals surface area contributed by atoms with Gasteiger partial charge in [0.05, 0.1) is 0 Å². The normalized spacial score (nSPS) is 34.9. The minimum absolute atomic E-state index is 0.0755. The summed E-state index contributed by atoms with van der Waals surface area (Å²) in [5.41, 5.74) is 4.97. The average molecular weight is 403 g/mol. The first-order valence-corrected chi connectivity index (χ1v) is 10.1. The molecule has 3 unspecified atom stereocenters. The van der Waals surface area contributed by atoms with Crippen molar-refractivity contribution in [3.05, 3.63) is 28.8 Å². The standard InChI is InChI=1S/C20H23ClN4O3/c1-23-16(26)15-19(17(23)27)13-10-11(21)8-9-14(13)24(2)20(19,22)18(28)25(15)12-6-4-3-5-7-12/h8-10,12,15H,3-7,22H2,1-2H3. The van der Waals surface area contributed by atoms with Gasteiger partial charge >= 0.3 is 0 Å². The van der Waals surface area contributed by atoms with Crippen molar-refractivity contribution in [2.24, 2.45) is 5.73 Å². The van der Waals surface area contributed by atoms with Crippen LogP contribution >= 0.6 is 11.6 Å². The van der Waals surface area contributed by atoms with E-state index in [0.717, 1.165) is 37.0 Å². The average Bonchev–Trinajstić information content (AvgIpc) is 3.12. The van der Waals surface area contributed by atoms with E-state index in [-0.39, 0.29) is 17.9 Å². The van der Waals surface area contributed by atoms with Crippen molar-refractivity contribution in [3.8, 4) is 0 Å². The summed E-state index contributed by atoms with van der Waals surface area (Å²) in [6, 6.07) is 4.17. The van der Waals surface area contributed by atoms with Gasteiger partial charge in [0.1, 0.15) is 6.04 Å². The number of rotatable bonds is 1. The molecule has 3 atom stereocenters. The Morgan fingerprint density at radius 2 is 1.75 bits per heavy atom. The molecule has 4 aliphatic rings. The zero-order valence-electron chi connectivity index (χ0n) is 15.9. The molecular weight excluding hydrogens is 380 g/mol. The lowest BCUT2D eigenvalue weighted by Crippen LogP contribution is -2.69. The van der Waals surface area contributed by atoms with Gasteiger partial charge in [-0.1, -0.05) is 30.9 Å². The highest BCUT2D eigenvalue weighted by Crippen LogP contribution is 2.61. The number of hydrogen-bond donors (Lipinski definition) is 1. The number of carbonyl (C=O) groups is 3. The smallest absolute Gasteiger partial charge is 0.265 e. The van der Waals surface area contributed by atoms with Crippen molar-refractivity contribution >= 4 is 35.0 Å². The maximum atomic E-state index is 13.8. The quantitative estimate of drug-likeness (QED) is 0.714. The topological polar surface area (TPSA) is 86.9 Å². The summed E-state index contributed by atoms with van der Waals surface area (Å²) in [5, 5.41) is 0.447. The van der Waals surface area contributed by atoms with Crippen LogP contribution in [0, 0.1) is 0 Å². The number of likely N-dealkylation sites (tertiary alicyclic amines) is 2. The minimum atomic E-state index is -1.64. The van der Waals surface area contributed by atoms with Crippen LogP contribution < -0.4 is 10.6 Å². The van der Waals surface area contributed by atoms with E-state index in [1.807, 2.05) is 0 Å². The Morgan fingerprint density at radius 3 is 2.43 bits per heavy atom. The molecule has 3 aliphatic heterocycles. The fourth-order valence-corrected chi connectivity index (χ4v) is 6.12. The molecule has 1 aliphatic carbocycles. The van der Waals surface area contributed by atoms with Crippen molar-refractivity contribution in [1.29, 1.82) is 0 Å². The molecule has 0 aromatic heterocycles. The first-order valence-electron chi connectivity index (χ1n) is 9.75. The third-order valence-corrected chi connectivity index (χ3v) is 7.53. The summed E-state index contributed by atoms with van der Waals surface area (Å²) in [4.78, 5) is 45.1. The summed E-state index contributed by atoms with van der Waals surface area (Å²) in [6.45, 7) is 0. The van der Waals surface area contributed by atoms with Crippen LogP contribution in [-0.2, 0) is 19.8 Å². The molecule has 3 amide bonds. The largest absolute Gasteiger partial charge is 0.347 e. The fraction of sp³-hybridized carbons (Fsp3) is 0.550. The van der Waals surface area contributed by atoms with E-state index in [2.05, 4.69) is 0 Å². The SMILES string of the molecule is CN1C(=O)C2N(C3CCCCC3)C(=O)C3(N)N(C)c4ccc(Cl)cc4C23C1=O. The van der Waals surface area contributed by atoms with Gasteiger partial charge in [0.25, 0.3) is 11.8 Å². The van der Waals surface area contributed by atoms with Gasteiger partial charge < -0.3 is 9.80 Å². The molecule has 148 valence electrons. The third-order valence-electron chi connectivity index (χ3n) is 7.30. The molecule has 28 heavy (non-hydrogen) atoms. The van der Waals surface area contributed by atoms with Crippen molar-refractivity contribution < 1.29 is 14.4 Å². The van der Waals surface area contributed by atoms with Gasteiger partial charge in [-0.2, -0.15) is 0 Å². The van der Waals surface area contributed by atoms with Crippen LogP contribution in [-0.4, -0.2) is 59.4 Å². The predicted octanol–water partition coefficient (Wildman–Crippen LogP) is 1.22. The van der Waals surface area contributed by atoms with Crippen LogP contribution in [0.5, 0.6) is 0 Å². The van der Waals surface area contributed by atoms with Crippen molar-refractivity contribution in [2.75, 3.05) is 19.0 Å². The second kappa shape index (κ2) is 5.48. The van der Waals surface area contributed by atoms with Crippen molar-refractivity contribution in [2.45, 2.75) is 55.3 Å². The first-order chi connectivity index (χ1) is 13.3. The van der Waals surface area contributed by atoms with Crippen molar-refractivity contribution in [3.63, 3.8) is 0 Å². The third kappa shape index (κ3) is 1.69. The van der Waals surface area contributed by atoms with Crippen LogP contribution in [0.15, 0.2) is 18.2 Å². The molecule has 0 bridgehead atoms. The maximum Gasteiger partial charge on any atom is 0.265 e. The zero-order chi connectivity index (χ0) is 20.0. The van der Waals surface area contributed by atoms with Gasteiger partial charge in [-0.25, -0.2) is 0 Å². The highest BCUT2D eigenvalue weighted by atomic mass is 35.5. The Hall–Kier alpha value is -2.12. The summed E-state index contributed by atoms with van der Waals surface area (Å²) >= 11 is 6.27. The van der Waals surface area contributed by atoms with E-state index in [9.17, 15) is 14.4 Å². The van der Waals surface area contributed by atoms with Gasteiger partial charge in [-0.05, 0) is 36.6 Å². The highest BCUT2D eigenvalue weighted by Gasteiger charge is 2.83. The van der Waals surface area contributed by atoms with Crippen LogP contribution in [0.1, 0.15) is 37.7 Å². The monoisotopic (exact) mass is 402 g/mol. The van der Waals surface area contributed by atoms with Crippen LogP contribution in [0.2, 0.25) is 5.02 Å². The van der Waals surface area contributed by atoms with Gasteiger partial charge in [0.2, 0.25) is 5.91 Å². The molecule has 8 heteroatoms. The van der Waals surface area contributed by atoms with Gasteiger partial charge in [0, 0.05) is 30.8 Å². The Balaban J connectivity index is 1.80. The minimum Gasteiger partial charge on any atom is -0.347 e. The van der Waals surface area contributed by atoms with Gasteiger partial charge in [-0.15, -0.1) is 0 Å². The molecule has 3 fully saturated rings. The summed E-state index contributed by atoms with van der Waals surface area (Å²) in [6.07, 6.45) is 4.77. The predicted molar refractivity (Wildman–Crippen MR) is 104 cm³/mol. The summed E-state index contributed by atoms with van der Waals surface area (Å²) in [7, 11) is 3.20. The van der Waals surface area contributed by atoms with E-state index < -0.39 is 23.0 Å². The Labute approximate surface area is 168 Å². The lowest BCUT2D eigenvalue weighted by Gasteiger charge is -2.37. The number of benzene rings is 1. The first kappa shape index (κ1) is 17.9. The molecule has 1 saturated carbocycles. The van der Waals surface area contributed by atoms with Gasteiger partial charge in [-0.3, -0.25) is 25.0 Å². The zero-order valence-corrected chi connectivity index (χ0v) is 16.7. The Bertz CT molecular complexity index is 930.